The third-order valence-corrected chi connectivity index (χ3v) is 3.14. The number of nitrogens with zero attached hydrogens (tertiary/aromatic N) is 1. The molecule has 0 bridgehead atoms. The lowest BCUT2D eigenvalue weighted by atomic mass is 10.1. The van der Waals surface area contributed by atoms with Crippen LogP contribution in [0.25, 0.3) is 0 Å². The molecule has 0 spiro atoms. The van der Waals surface area contributed by atoms with Gasteiger partial charge in [0, 0.05) is 37.9 Å². The number of carbonyl (C=O) groups is 1. The molecule has 15 heavy (non-hydrogen) atoms. The van der Waals surface area contributed by atoms with Crippen molar-refractivity contribution in [1.29, 1.82) is 0 Å². The van der Waals surface area contributed by atoms with E-state index < -0.39 is 0 Å². The Kier molecular flexibility index (Phi) is 3.41. The van der Waals surface area contributed by atoms with Gasteiger partial charge < -0.3 is 9.64 Å². The monoisotopic (exact) mass is 209 g/mol. The molecule has 1 atom stereocenters. The van der Waals surface area contributed by atoms with Gasteiger partial charge in [-0.2, -0.15) is 0 Å². The predicted molar refractivity (Wildman–Crippen MR) is 58.5 cm³/mol. The fraction of sp³-hybridized carbons (Fsp3) is 0.750. The van der Waals surface area contributed by atoms with Crippen molar-refractivity contribution >= 4 is 5.78 Å². The average Bonchev–Trinajstić information content (AvgIpc) is 2.66. The summed E-state index contributed by atoms with van der Waals surface area (Å²) in [6, 6.07) is 0. The van der Waals surface area contributed by atoms with Crippen molar-refractivity contribution in [3.8, 4) is 0 Å². The maximum Gasteiger partial charge on any atom is 0.157 e. The summed E-state index contributed by atoms with van der Waals surface area (Å²) in [6.45, 7) is 4.88. The number of ketones is 1. The molecule has 2 aliphatic rings. The molecule has 1 fully saturated rings. The van der Waals surface area contributed by atoms with Crippen LogP contribution in [0.1, 0.15) is 32.6 Å². The second-order valence-electron chi connectivity index (χ2n) is 4.27. The molecule has 2 rings (SSSR count). The summed E-state index contributed by atoms with van der Waals surface area (Å²) in [5.41, 5.74) is 1.23. The third-order valence-electron chi connectivity index (χ3n) is 3.14. The zero-order valence-electron chi connectivity index (χ0n) is 9.37. The van der Waals surface area contributed by atoms with E-state index in [9.17, 15) is 4.79 Å². The Labute approximate surface area is 91.1 Å². The summed E-state index contributed by atoms with van der Waals surface area (Å²) < 4.78 is 5.65. The number of likely N-dealkylation sites (tertiary alicyclic amines) is 1. The Morgan fingerprint density at radius 3 is 3.07 bits per heavy atom. The highest BCUT2D eigenvalue weighted by molar-refractivity contribution is 5.92. The maximum absolute atomic E-state index is 11.2. The largest absolute Gasteiger partial charge is 0.377 e. The first-order valence-electron chi connectivity index (χ1n) is 5.89. The maximum atomic E-state index is 11.2. The molecule has 3 nitrogen and oxygen atoms in total. The first-order chi connectivity index (χ1) is 7.29. The van der Waals surface area contributed by atoms with E-state index in [4.69, 9.17) is 4.74 Å². The summed E-state index contributed by atoms with van der Waals surface area (Å²) in [6.07, 6.45) is 6.14. The average molecular weight is 209 g/mol. The molecule has 1 unspecified atom stereocenters. The standard InChI is InChI=1S/C12H19NO2/c1-2-15-12-4-3-7-13(9-12)10-5-6-11(14)8-10/h8,12H,2-7,9H2,1H3. The SMILES string of the molecule is CCOC1CCCN(C2=CC(=O)CC2)C1. The fourth-order valence-electron chi connectivity index (χ4n) is 2.40. The van der Waals surface area contributed by atoms with Crippen LogP contribution in [0, 0.1) is 0 Å². The van der Waals surface area contributed by atoms with Crippen molar-refractivity contribution in [3.63, 3.8) is 0 Å². The van der Waals surface area contributed by atoms with Crippen LogP contribution in [0.3, 0.4) is 0 Å². The van der Waals surface area contributed by atoms with E-state index in [1.807, 2.05) is 13.0 Å². The van der Waals surface area contributed by atoms with Crippen molar-refractivity contribution in [2.75, 3.05) is 19.7 Å². The molecule has 0 aromatic carbocycles. The van der Waals surface area contributed by atoms with Crippen molar-refractivity contribution in [2.24, 2.45) is 0 Å². The number of piperidine rings is 1. The van der Waals surface area contributed by atoms with E-state index in [-0.39, 0.29) is 5.78 Å². The van der Waals surface area contributed by atoms with Gasteiger partial charge in [0.25, 0.3) is 0 Å². The second kappa shape index (κ2) is 4.79. The van der Waals surface area contributed by atoms with E-state index in [2.05, 4.69) is 4.90 Å². The van der Waals surface area contributed by atoms with Crippen molar-refractivity contribution in [3.05, 3.63) is 11.8 Å². The van der Waals surface area contributed by atoms with Gasteiger partial charge in [-0.1, -0.05) is 0 Å². The second-order valence-corrected chi connectivity index (χ2v) is 4.27. The van der Waals surface area contributed by atoms with Gasteiger partial charge in [0.15, 0.2) is 5.78 Å². The molecule has 0 aromatic rings. The lowest BCUT2D eigenvalue weighted by Gasteiger charge is -2.34. The molecule has 0 N–H and O–H groups in total. The van der Waals surface area contributed by atoms with Crippen molar-refractivity contribution in [1.82, 2.24) is 4.90 Å². The predicted octanol–water partition coefficient (Wildman–Crippen LogP) is 1.73. The fourth-order valence-corrected chi connectivity index (χ4v) is 2.40. The first kappa shape index (κ1) is 10.7. The summed E-state index contributed by atoms with van der Waals surface area (Å²) in [4.78, 5) is 13.5. The Morgan fingerprint density at radius 2 is 2.40 bits per heavy atom. The van der Waals surface area contributed by atoms with Crippen LogP contribution in [0.15, 0.2) is 11.8 Å². The highest BCUT2D eigenvalue weighted by Gasteiger charge is 2.24. The number of hydrogen-bond acceptors (Lipinski definition) is 3. The number of hydrogen-bond donors (Lipinski definition) is 0. The van der Waals surface area contributed by atoms with Gasteiger partial charge in [0.2, 0.25) is 0 Å². The topological polar surface area (TPSA) is 29.5 Å². The highest BCUT2D eigenvalue weighted by atomic mass is 16.5. The molecule has 3 heteroatoms. The number of ether oxygens (including phenoxy) is 1. The minimum Gasteiger partial charge on any atom is -0.377 e. The molecule has 1 heterocycles. The van der Waals surface area contributed by atoms with E-state index in [0.717, 1.165) is 32.5 Å². The van der Waals surface area contributed by atoms with Crippen LogP contribution < -0.4 is 0 Å². The molecule has 84 valence electrons. The number of rotatable bonds is 3. The molecule has 0 amide bonds. The number of carbonyl (C=O) groups excluding carboxylic acids is 1. The Balaban J connectivity index is 1.92. The summed E-state index contributed by atoms with van der Waals surface area (Å²) in [5.74, 6) is 0.281. The smallest absolute Gasteiger partial charge is 0.157 e. The van der Waals surface area contributed by atoms with Gasteiger partial charge >= 0.3 is 0 Å². The molecule has 0 saturated carbocycles. The van der Waals surface area contributed by atoms with Crippen LogP contribution in [-0.4, -0.2) is 36.5 Å². The summed E-state index contributed by atoms with van der Waals surface area (Å²) >= 11 is 0. The lowest BCUT2D eigenvalue weighted by molar-refractivity contribution is -0.114. The third kappa shape index (κ3) is 2.59. The molecule has 1 saturated heterocycles. The van der Waals surface area contributed by atoms with Gasteiger partial charge in [0.05, 0.1) is 6.10 Å². The lowest BCUT2D eigenvalue weighted by Crippen LogP contribution is -2.38. The molecular formula is C12H19NO2. The summed E-state index contributed by atoms with van der Waals surface area (Å²) in [7, 11) is 0. The van der Waals surface area contributed by atoms with E-state index in [1.54, 1.807) is 0 Å². The minimum atomic E-state index is 0.281. The Bertz CT molecular complexity index is 271. The van der Waals surface area contributed by atoms with Crippen molar-refractivity contribution < 1.29 is 9.53 Å². The molecular weight excluding hydrogens is 190 g/mol. The zero-order chi connectivity index (χ0) is 10.7. The Hall–Kier alpha value is -0.830. The minimum absolute atomic E-state index is 0.281. The van der Waals surface area contributed by atoms with Crippen LogP contribution in [0.2, 0.25) is 0 Å². The quantitative estimate of drug-likeness (QED) is 0.709. The normalized spacial score (nSPS) is 27.0. The van der Waals surface area contributed by atoms with Gasteiger partial charge in [-0.25, -0.2) is 0 Å². The molecule has 0 radical (unpaired) electrons. The summed E-state index contributed by atoms with van der Waals surface area (Å²) in [5, 5.41) is 0. The van der Waals surface area contributed by atoms with Gasteiger partial charge in [-0.15, -0.1) is 0 Å². The zero-order valence-corrected chi connectivity index (χ0v) is 9.37. The highest BCUT2D eigenvalue weighted by Crippen LogP contribution is 2.24. The molecule has 1 aliphatic heterocycles. The van der Waals surface area contributed by atoms with Crippen molar-refractivity contribution in [2.45, 2.75) is 38.7 Å². The van der Waals surface area contributed by atoms with Crippen LogP contribution in [-0.2, 0) is 9.53 Å². The van der Waals surface area contributed by atoms with Gasteiger partial charge in [-0.05, 0) is 26.2 Å². The van der Waals surface area contributed by atoms with Crippen LogP contribution >= 0.6 is 0 Å². The van der Waals surface area contributed by atoms with E-state index in [1.165, 1.54) is 12.1 Å². The van der Waals surface area contributed by atoms with Crippen LogP contribution in [0.5, 0.6) is 0 Å². The first-order valence-corrected chi connectivity index (χ1v) is 5.89. The molecule has 0 aromatic heterocycles. The van der Waals surface area contributed by atoms with E-state index >= 15 is 0 Å². The van der Waals surface area contributed by atoms with Gasteiger partial charge in [0.1, 0.15) is 0 Å². The van der Waals surface area contributed by atoms with Gasteiger partial charge in [-0.3, -0.25) is 4.79 Å². The molecule has 1 aliphatic carbocycles. The van der Waals surface area contributed by atoms with E-state index in [0.29, 0.717) is 12.5 Å². The number of allylic oxidation sites excluding steroid dienone is 2. The Morgan fingerprint density at radius 1 is 1.53 bits per heavy atom. The van der Waals surface area contributed by atoms with Crippen LogP contribution in [0.4, 0.5) is 0 Å².